The number of hydrogen-bond acceptors (Lipinski definition) is 4. The number of imide groups is 1. The Bertz CT molecular complexity index is 320. The van der Waals surface area contributed by atoms with E-state index in [0.29, 0.717) is 13.0 Å². The van der Waals surface area contributed by atoms with Gasteiger partial charge in [-0.2, -0.15) is 12.6 Å². The van der Waals surface area contributed by atoms with Gasteiger partial charge in [0.1, 0.15) is 0 Å². The number of unbranched alkanes of at least 4 members (excludes halogenated alkanes) is 2. The van der Waals surface area contributed by atoms with Crippen molar-refractivity contribution in [2.75, 3.05) is 13.6 Å². The highest BCUT2D eigenvalue weighted by molar-refractivity contribution is 7.81. The van der Waals surface area contributed by atoms with Crippen LogP contribution >= 0.6 is 12.6 Å². The molecule has 0 aromatic heterocycles. The first-order valence-electron chi connectivity index (χ1n) is 5.79. The molecule has 1 fully saturated rings. The van der Waals surface area contributed by atoms with Crippen LogP contribution in [-0.4, -0.2) is 41.5 Å². The molecule has 0 saturated carbocycles. The van der Waals surface area contributed by atoms with E-state index in [4.69, 9.17) is 0 Å². The Morgan fingerprint density at radius 1 is 1.41 bits per heavy atom. The van der Waals surface area contributed by atoms with Crippen molar-refractivity contribution in [3.8, 4) is 0 Å². The van der Waals surface area contributed by atoms with Crippen molar-refractivity contribution < 1.29 is 14.4 Å². The number of rotatable bonds is 6. The predicted octanol–water partition coefficient (Wildman–Crippen LogP) is 0.350. The average molecular weight is 258 g/mol. The van der Waals surface area contributed by atoms with E-state index in [1.54, 1.807) is 7.05 Å². The van der Waals surface area contributed by atoms with Crippen molar-refractivity contribution in [1.82, 2.24) is 10.2 Å². The number of nitrogens with zero attached hydrogens (tertiary/aromatic N) is 1. The van der Waals surface area contributed by atoms with E-state index in [2.05, 4.69) is 17.9 Å². The van der Waals surface area contributed by atoms with Gasteiger partial charge in [-0.25, -0.2) is 0 Å². The highest BCUT2D eigenvalue weighted by atomic mass is 32.1. The minimum Gasteiger partial charge on any atom is -0.359 e. The Kier molecular flexibility index (Phi) is 5.47. The van der Waals surface area contributed by atoms with Crippen LogP contribution in [-0.2, 0) is 14.4 Å². The molecular weight excluding hydrogens is 240 g/mol. The topological polar surface area (TPSA) is 66.5 Å². The molecule has 0 aromatic carbocycles. The molecule has 5 nitrogen and oxygen atoms in total. The van der Waals surface area contributed by atoms with Gasteiger partial charge >= 0.3 is 0 Å². The van der Waals surface area contributed by atoms with Crippen LogP contribution in [0.3, 0.4) is 0 Å². The van der Waals surface area contributed by atoms with Crippen LogP contribution in [0, 0.1) is 0 Å². The van der Waals surface area contributed by atoms with Gasteiger partial charge in [-0.15, -0.1) is 0 Å². The highest BCUT2D eigenvalue weighted by Crippen LogP contribution is 2.18. The summed E-state index contributed by atoms with van der Waals surface area (Å²) in [7, 11) is 1.61. The first kappa shape index (κ1) is 14.0. The van der Waals surface area contributed by atoms with Crippen molar-refractivity contribution in [2.24, 2.45) is 0 Å². The van der Waals surface area contributed by atoms with Crippen molar-refractivity contribution >= 4 is 30.4 Å². The van der Waals surface area contributed by atoms with Crippen molar-refractivity contribution in [1.29, 1.82) is 0 Å². The molecule has 17 heavy (non-hydrogen) atoms. The van der Waals surface area contributed by atoms with Crippen LogP contribution in [0.4, 0.5) is 0 Å². The average Bonchev–Trinajstić information content (AvgIpc) is 2.54. The zero-order chi connectivity index (χ0) is 12.8. The molecule has 1 aliphatic rings. The third kappa shape index (κ3) is 4.03. The number of hydrogen-bond donors (Lipinski definition) is 2. The zero-order valence-electron chi connectivity index (χ0n) is 9.94. The summed E-state index contributed by atoms with van der Waals surface area (Å²) in [5, 5.41) is 2.08. The van der Waals surface area contributed by atoms with Crippen molar-refractivity contribution in [3.05, 3.63) is 0 Å². The fourth-order valence-corrected chi connectivity index (χ4v) is 2.05. The largest absolute Gasteiger partial charge is 0.359 e. The van der Waals surface area contributed by atoms with E-state index < -0.39 is 5.25 Å². The van der Waals surface area contributed by atoms with Gasteiger partial charge in [0.15, 0.2) is 0 Å². The molecule has 1 saturated heterocycles. The molecule has 1 heterocycles. The summed E-state index contributed by atoms with van der Waals surface area (Å²) in [6.07, 6.45) is 3.06. The summed E-state index contributed by atoms with van der Waals surface area (Å²) < 4.78 is 0. The van der Waals surface area contributed by atoms with E-state index in [1.807, 2.05) is 0 Å². The van der Waals surface area contributed by atoms with E-state index in [9.17, 15) is 14.4 Å². The molecule has 6 heteroatoms. The maximum Gasteiger partial charge on any atom is 0.242 e. The van der Waals surface area contributed by atoms with Crippen LogP contribution in [0.25, 0.3) is 0 Å². The lowest BCUT2D eigenvalue weighted by atomic mass is 10.2. The highest BCUT2D eigenvalue weighted by Gasteiger charge is 2.35. The van der Waals surface area contributed by atoms with Gasteiger partial charge < -0.3 is 5.32 Å². The van der Waals surface area contributed by atoms with Crippen molar-refractivity contribution in [2.45, 2.75) is 37.4 Å². The lowest BCUT2D eigenvalue weighted by Gasteiger charge is -2.13. The minimum absolute atomic E-state index is 0.0220. The van der Waals surface area contributed by atoms with Crippen LogP contribution < -0.4 is 5.32 Å². The van der Waals surface area contributed by atoms with Crippen LogP contribution in [0.15, 0.2) is 0 Å². The van der Waals surface area contributed by atoms with Gasteiger partial charge in [-0.1, -0.05) is 6.42 Å². The van der Waals surface area contributed by atoms with E-state index in [0.717, 1.165) is 19.3 Å². The van der Waals surface area contributed by atoms with Gasteiger partial charge in [0.2, 0.25) is 17.7 Å². The molecular formula is C11H18N2O3S. The molecule has 0 spiro atoms. The first-order valence-corrected chi connectivity index (χ1v) is 6.30. The fraction of sp³-hybridized carbons (Fsp3) is 0.727. The summed E-state index contributed by atoms with van der Waals surface area (Å²) in [5.41, 5.74) is 0. The third-order valence-corrected chi connectivity index (χ3v) is 3.19. The van der Waals surface area contributed by atoms with Gasteiger partial charge in [0.05, 0.1) is 5.25 Å². The maximum absolute atomic E-state index is 11.5. The lowest BCUT2D eigenvalue weighted by molar-refractivity contribution is -0.138. The smallest absolute Gasteiger partial charge is 0.242 e. The monoisotopic (exact) mass is 258 g/mol. The molecule has 96 valence electrons. The fourth-order valence-electron chi connectivity index (χ4n) is 1.76. The standard InChI is InChI=1S/C11H18N2O3S/c1-12-9(14)5-3-2-4-6-13-10(15)7-8(17)11(13)16/h8,17H,2-7H2,1H3,(H,12,14). The molecule has 0 radical (unpaired) electrons. The Hall–Kier alpha value is -1.04. The minimum atomic E-state index is -0.464. The Morgan fingerprint density at radius 2 is 2.12 bits per heavy atom. The third-order valence-electron chi connectivity index (χ3n) is 2.78. The van der Waals surface area contributed by atoms with E-state index >= 15 is 0 Å². The number of carbonyl (C=O) groups is 3. The lowest BCUT2D eigenvalue weighted by Crippen LogP contribution is -2.31. The maximum atomic E-state index is 11.5. The normalized spacial score (nSPS) is 19.9. The molecule has 3 amide bonds. The Balaban J connectivity index is 2.17. The Labute approximate surface area is 106 Å². The molecule has 1 atom stereocenters. The summed E-state index contributed by atoms with van der Waals surface area (Å²) in [5.74, 6) is -0.306. The van der Waals surface area contributed by atoms with E-state index in [1.165, 1.54) is 4.90 Å². The SMILES string of the molecule is CNC(=O)CCCCCN1C(=O)CC(S)C1=O. The number of thiol groups is 1. The molecule has 1 rings (SSSR count). The quantitative estimate of drug-likeness (QED) is 0.410. The van der Waals surface area contributed by atoms with Crippen LogP contribution in [0.2, 0.25) is 0 Å². The summed E-state index contributed by atoms with van der Waals surface area (Å²) in [6, 6.07) is 0. The predicted molar refractivity (Wildman–Crippen MR) is 66.6 cm³/mol. The second-order valence-corrected chi connectivity index (χ2v) is 4.71. The second kappa shape index (κ2) is 6.64. The molecule has 0 aromatic rings. The Morgan fingerprint density at radius 3 is 2.65 bits per heavy atom. The summed E-state index contributed by atoms with van der Waals surface area (Å²) in [6.45, 7) is 0.447. The number of likely N-dealkylation sites (tertiary alicyclic amines) is 1. The van der Waals surface area contributed by atoms with Gasteiger partial charge in [0.25, 0.3) is 0 Å². The van der Waals surface area contributed by atoms with Crippen molar-refractivity contribution in [3.63, 3.8) is 0 Å². The number of amides is 3. The molecule has 1 aliphatic heterocycles. The zero-order valence-corrected chi connectivity index (χ0v) is 10.8. The van der Waals surface area contributed by atoms with Gasteiger partial charge in [-0.05, 0) is 12.8 Å². The molecule has 0 bridgehead atoms. The van der Waals surface area contributed by atoms with Crippen LogP contribution in [0.1, 0.15) is 32.1 Å². The first-order chi connectivity index (χ1) is 8.06. The number of nitrogens with one attached hydrogen (secondary N) is 1. The molecule has 1 unspecified atom stereocenters. The second-order valence-electron chi connectivity index (χ2n) is 4.09. The summed E-state index contributed by atoms with van der Waals surface area (Å²) in [4.78, 5) is 35.1. The van der Waals surface area contributed by atoms with Gasteiger partial charge in [0, 0.05) is 26.4 Å². The van der Waals surface area contributed by atoms with Crippen LogP contribution in [0.5, 0.6) is 0 Å². The van der Waals surface area contributed by atoms with E-state index in [-0.39, 0.29) is 24.1 Å². The summed E-state index contributed by atoms with van der Waals surface area (Å²) >= 11 is 4.04. The molecule has 1 N–H and O–H groups in total. The number of carbonyl (C=O) groups excluding carboxylic acids is 3. The molecule has 0 aliphatic carbocycles. The van der Waals surface area contributed by atoms with Gasteiger partial charge in [-0.3, -0.25) is 19.3 Å².